The Morgan fingerprint density at radius 2 is 2.33 bits per heavy atom. The molecule has 1 heterocycles. The second kappa shape index (κ2) is 6.78. The van der Waals surface area contributed by atoms with Crippen LogP contribution in [0.15, 0.2) is 24.8 Å². The first-order valence-corrected chi connectivity index (χ1v) is 7.28. The Labute approximate surface area is 113 Å². The molecule has 0 aliphatic carbocycles. The van der Waals surface area contributed by atoms with Crippen molar-refractivity contribution in [2.45, 2.75) is 26.2 Å². The van der Waals surface area contributed by atoms with Gasteiger partial charge < -0.3 is 4.74 Å². The van der Waals surface area contributed by atoms with Gasteiger partial charge in [0.1, 0.15) is 5.78 Å². The van der Waals surface area contributed by atoms with Gasteiger partial charge in [-0.2, -0.15) is 11.8 Å². The number of carbonyl (C=O) groups excluding carboxylic acids is 2. The fraction of sp³-hybridized carbons (Fsp3) is 0.571. The Bertz CT molecular complexity index is 362. The molecule has 0 aromatic heterocycles. The Kier molecular flexibility index (Phi) is 5.66. The summed E-state index contributed by atoms with van der Waals surface area (Å²) in [5, 5.41) is 0. The van der Waals surface area contributed by atoms with E-state index in [0.29, 0.717) is 31.4 Å². The quantitative estimate of drug-likeness (QED) is 0.422. The molecule has 1 rings (SSSR count). The van der Waals surface area contributed by atoms with Crippen LogP contribution in [-0.4, -0.2) is 29.9 Å². The molecule has 0 aromatic rings. The maximum absolute atomic E-state index is 12.2. The van der Waals surface area contributed by atoms with Crippen LogP contribution < -0.4 is 0 Å². The highest BCUT2D eigenvalue weighted by Crippen LogP contribution is 2.40. The molecule has 0 N–H and O–H groups in total. The summed E-state index contributed by atoms with van der Waals surface area (Å²) in [5.74, 6) is 1.41. The summed E-state index contributed by atoms with van der Waals surface area (Å²) in [6, 6.07) is 0. The maximum Gasteiger partial charge on any atom is 0.333 e. The molecule has 4 heteroatoms. The Morgan fingerprint density at radius 3 is 2.89 bits per heavy atom. The molecular formula is C14H20O3S. The van der Waals surface area contributed by atoms with Gasteiger partial charge in [-0.15, -0.1) is 6.58 Å². The van der Waals surface area contributed by atoms with Crippen molar-refractivity contribution in [2.75, 3.05) is 18.1 Å². The smallest absolute Gasteiger partial charge is 0.333 e. The molecule has 0 saturated carbocycles. The average molecular weight is 268 g/mol. The van der Waals surface area contributed by atoms with Gasteiger partial charge in [-0.1, -0.05) is 12.7 Å². The van der Waals surface area contributed by atoms with Crippen molar-refractivity contribution in [3.05, 3.63) is 24.8 Å². The zero-order valence-corrected chi connectivity index (χ0v) is 11.7. The molecule has 1 aliphatic heterocycles. The lowest BCUT2D eigenvalue weighted by molar-refractivity contribution is -0.139. The van der Waals surface area contributed by atoms with E-state index in [9.17, 15) is 9.59 Å². The van der Waals surface area contributed by atoms with E-state index in [-0.39, 0.29) is 5.78 Å². The Balaban J connectivity index is 2.79. The van der Waals surface area contributed by atoms with E-state index in [1.54, 1.807) is 24.8 Å². The Hall–Kier alpha value is -1.03. The topological polar surface area (TPSA) is 43.4 Å². The molecule has 0 bridgehead atoms. The predicted octanol–water partition coefficient (Wildman–Crippen LogP) is 2.76. The summed E-state index contributed by atoms with van der Waals surface area (Å²) < 4.78 is 4.92. The average Bonchev–Trinajstić information content (AvgIpc) is 2.33. The lowest BCUT2D eigenvalue weighted by atomic mass is 9.75. The normalized spacial score (nSPS) is 23.5. The summed E-state index contributed by atoms with van der Waals surface area (Å²) in [4.78, 5) is 23.8. The van der Waals surface area contributed by atoms with E-state index in [4.69, 9.17) is 4.74 Å². The van der Waals surface area contributed by atoms with E-state index in [0.717, 1.165) is 11.5 Å². The fourth-order valence-electron chi connectivity index (χ4n) is 2.16. The van der Waals surface area contributed by atoms with Crippen molar-refractivity contribution in [3.8, 4) is 0 Å². The molecule has 1 fully saturated rings. The van der Waals surface area contributed by atoms with E-state index in [2.05, 4.69) is 13.2 Å². The summed E-state index contributed by atoms with van der Waals surface area (Å²) in [6.07, 6.45) is 3.29. The third kappa shape index (κ3) is 3.48. The largest absolute Gasteiger partial charge is 0.463 e. The minimum atomic E-state index is -0.505. The Morgan fingerprint density at radius 1 is 1.61 bits per heavy atom. The lowest BCUT2D eigenvalue weighted by Crippen LogP contribution is -2.38. The van der Waals surface area contributed by atoms with Gasteiger partial charge >= 0.3 is 5.97 Å². The third-order valence-electron chi connectivity index (χ3n) is 3.09. The van der Waals surface area contributed by atoms with Gasteiger partial charge in [-0.3, -0.25) is 4.79 Å². The van der Waals surface area contributed by atoms with Gasteiger partial charge in [0.05, 0.1) is 6.61 Å². The molecule has 18 heavy (non-hydrogen) atoms. The second-order valence-corrected chi connectivity index (χ2v) is 5.60. The van der Waals surface area contributed by atoms with Crippen molar-refractivity contribution in [1.82, 2.24) is 0 Å². The van der Waals surface area contributed by atoms with Crippen molar-refractivity contribution >= 4 is 23.5 Å². The van der Waals surface area contributed by atoms with Crippen molar-refractivity contribution in [3.63, 3.8) is 0 Å². The van der Waals surface area contributed by atoms with Crippen LogP contribution in [0.5, 0.6) is 0 Å². The highest BCUT2D eigenvalue weighted by Gasteiger charge is 2.40. The summed E-state index contributed by atoms with van der Waals surface area (Å²) in [6.45, 7) is 9.56. The van der Waals surface area contributed by atoms with Gasteiger partial charge in [0.25, 0.3) is 0 Å². The molecule has 0 radical (unpaired) electrons. The number of rotatable bonds is 6. The first kappa shape index (κ1) is 15.0. The molecule has 0 spiro atoms. The van der Waals surface area contributed by atoms with E-state index < -0.39 is 11.4 Å². The number of carbonyl (C=O) groups is 2. The number of hydrogen-bond donors (Lipinski definition) is 0. The highest BCUT2D eigenvalue weighted by molar-refractivity contribution is 7.99. The van der Waals surface area contributed by atoms with Crippen LogP contribution in [-0.2, 0) is 14.3 Å². The van der Waals surface area contributed by atoms with Crippen LogP contribution in [0, 0.1) is 5.41 Å². The fourth-order valence-corrected chi connectivity index (χ4v) is 3.41. The van der Waals surface area contributed by atoms with Gasteiger partial charge in [-0.05, 0) is 19.8 Å². The van der Waals surface area contributed by atoms with E-state index >= 15 is 0 Å². The number of Topliss-reactive ketones (excluding diaryl/α,β-unsaturated/α-hetero) is 1. The second-order valence-electron chi connectivity index (χ2n) is 4.50. The van der Waals surface area contributed by atoms with Crippen molar-refractivity contribution < 1.29 is 14.3 Å². The van der Waals surface area contributed by atoms with Gasteiger partial charge in [0.2, 0.25) is 0 Å². The molecule has 0 unspecified atom stereocenters. The molecule has 3 nitrogen and oxygen atoms in total. The minimum Gasteiger partial charge on any atom is -0.463 e. The SMILES string of the molecule is C=CC[C@@]1(CC(=C)C(=O)OCC)CSCCC1=O. The van der Waals surface area contributed by atoms with E-state index in [1.807, 2.05) is 0 Å². The first-order valence-electron chi connectivity index (χ1n) is 6.12. The van der Waals surface area contributed by atoms with Crippen molar-refractivity contribution in [1.29, 1.82) is 0 Å². The lowest BCUT2D eigenvalue weighted by Gasteiger charge is -2.34. The van der Waals surface area contributed by atoms with Crippen molar-refractivity contribution in [2.24, 2.45) is 5.41 Å². The standard InChI is InChI=1S/C14H20O3S/c1-4-7-14(10-18-8-6-12(14)15)9-11(3)13(16)17-5-2/h4H,1,3,5-10H2,2H3/t14-/m1/s1. The number of thioether (sulfide) groups is 1. The van der Waals surface area contributed by atoms with Gasteiger partial charge in [-0.25, -0.2) is 4.79 Å². The minimum absolute atomic E-state index is 0.214. The zero-order valence-electron chi connectivity index (χ0n) is 10.9. The molecule has 1 atom stereocenters. The first-order chi connectivity index (χ1) is 8.55. The number of allylic oxidation sites excluding steroid dienone is 1. The molecular weight excluding hydrogens is 248 g/mol. The molecule has 1 saturated heterocycles. The van der Waals surface area contributed by atoms with Crippen LogP contribution in [0.25, 0.3) is 0 Å². The number of esters is 1. The predicted molar refractivity (Wildman–Crippen MR) is 74.6 cm³/mol. The van der Waals surface area contributed by atoms with Gasteiger partial charge in [0, 0.05) is 28.9 Å². The number of hydrogen-bond acceptors (Lipinski definition) is 4. The van der Waals surface area contributed by atoms with E-state index in [1.165, 1.54) is 0 Å². The molecule has 0 aromatic carbocycles. The number of ketones is 1. The van der Waals surface area contributed by atoms with Crippen LogP contribution in [0.3, 0.4) is 0 Å². The monoisotopic (exact) mass is 268 g/mol. The van der Waals surface area contributed by atoms with Crippen LogP contribution in [0.4, 0.5) is 0 Å². The summed E-state index contributed by atoms with van der Waals surface area (Å²) >= 11 is 1.75. The zero-order chi connectivity index (χ0) is 13.6. The number of ether oxygens (including phenoxy) is 1. The van der Waals surface area contributed by atoms with Crippen LogP contribution in [0.1, 0.15) is 26.2 Å². The molecule has 100 valence electrons. The van der Waals surface area contributed by atoms with Crippen LogP contribution >= 0.6 is 11.8 Å². The van der Waals surface area contributed by atoms with Gasteiger partial charge in [0.15, 0.2) is 0 Å². The highest BCUT2D eigenvalue weighted by atomic mass is 32.2. The maximum atomic E-state index is 12.2. The molecule has 1 aliphatic rings. The van der Waals surface area contributed by atoms with Crippen LogP contribution in [0.2, 0.25) is 0 Å². The summed E-state index contributed by atoms with van der Waals surface area (Å²) in [5.41, 5.74) is -0.122. The molecule has 0 amide bonds. The third-order valence-corrected chi connectivity index (χ3v) is 4.34. The summed E-state index contributed by atoms with van der Waals surface area (Å²) in [7, 11) is 0.